The maximum atomic E-state index is 13.0. The van der Waals surface area contributed by atoms with Gasteiger partial charge in [-0.25, -0.2) is 0 Å². The van der Waals surface area contributed by atoms with Crippen molar-refractivity contribution in [2.45, 2.75) is 38.3 Å². The number of alkyl halides is 3. The molecule has 5 nitrogen and oxygen atoms in total. The topological polar surface area (TPSA) is 64.6 Å². The molecule has 0 bridgehead atoms. The Morgan fingerprint density at radius 3 is 2.32 bits per heavy atom. The summed E-state index contributed by atoms with van der Waals surface area (Å²) in [5, 5.41) is 2.72. The van der Waals surface area contributed by atoms with E-state index >= 15 is 0 Å². The Balaban J connectivity index is 1.53. The van der Waals surface area contributed by atoms with Crippen LogP contribution >= 0.6 is 0 Å². The Kier molecular flexibility index (Phi) is 6.57. The highest BCUT2D eigenvalue weighted by atomic mass is 19.4. The lowest BCUT2D eigenvalue weighted by atomic mass is 9.83. The van der Waals surface area contributed by atoms with Gasteiger partial charge >= 0.3 is 6.18 Å². The van der Waals surface area contributed by atoms with Crippen molar-refractivity contribution in [1.82, 2.24) is 5.32 Å². The van der Waals surface area contributed by atoms with E-state index in [4.69, 9.17) is 9.47 Å². The molecule has 166 valence electrons. The number of hydrogen-bond acceptors (Lipinski definition) is 4. The molecule has 0 saturated heterocycles. The number of carbonyl (C=O) groups is 2. The largest absolute Gasteiger partial charge is 0.486 e. The van der Waals surface area contributed by atoms with Crippen molar-refractivity contribution >= 4 is 11.7 Å². The molecule has 0 unspecified atom stereocenters. The molecule has 0 spiro atoms. The van der Waals surface area contributed by atoms with E-state index in [-0.39, 0.29) is 31.1 Å². The first-order valence-electron chi connectivity index (χ1n) is 9.93. The third kappa shape index (κ3) is 5.77. The Morgan fingerprint density at radius 1 is 0.935 bits per heavy atom. The minimum absolute atomic E-state index is 0.00939. The van der Waals surface area contributed by atoms with Crippen molar-refractivity contribution in [3.63, 3.8) is 0 Å². The zero-order valence-electron chi connectivity index (χ0n) is 17.3. The van der Waals surface area contributed by atoms with Crippen LogP contribution in [0.15, 0.2) is 42.5 Å². The number of hydrogen-bond donors (Lipinski definition) is 1. The summed E-state index contributed by atoms with van der Waals surface area (Å²) >= 11 is 0. The summed E-state index contributed by atoms with van der Waals surface area (Å²) in [6.45, 7) is 4.52. The SMILES string of the molecule is CC(C)(CNC(=O)CCC(=O)c1ccc2c(c1)OCCO2)c1cccc(C(F)(F)F)c1. The number of ether oxygens (including phenoxy) is 2. The molecule has 1 N–H and O–H groups in total. The van der Waals surface area contributed by atoms with Crippen LogP contribution in [-0.4, -0.2) is 31.4 Å². The first-order chi connectivity index (χ1) is 14.6. The highest BCUT2D eigenvalue weighted by Crippen LogP contribution is 2.33. The van der Waals surface area contributed by atoms with Crippen LogP contribution in [0.2, 0.25) is 0 Å². The van der Waals surface area contributed by atoms with Crippen LogP contribution in [-0.2, 0) is 16.4 Å². The summed E-state index contributed by atoms with van der Waals surface area (Å²) in [7, 11) is 0. The van der Waals surface area contributed by atoms with Crippen LogP contribution in [0, 0.1) is 0 Å². The third-order valence-corrected chi connectivity index (χ3v) is 5.14. The van der Waals surface area contributed by atoms with Gasteiger partial charge in [-0.1, -0.05) is 32.0 Å². The lowest BCUT2D eigenvalue weighted by molar-refractivity contribution is -0.137. The molecule has 0 aliphatic carbocycles. The molecule has 0 saturated carbocycles. The molecule has 1 aliphatic rings. The number of Topliss-reactive ketones (excluding diaryl/α,β-unsaturated/α-hetero) is 1. The third-order valence-electron chi connectivity index (χ3n) is 5.14. The van der Waals surface area contributed by atoms with Crippen LogP contribution in [0.25, 0.3) is 0 Å². The van der Waals surface area contributed by atoms with Gasteiger partial charge in [0.2, 0.25) is 5.91 Å². The fourth-order valence-corrected chi connectivity index (χ4v) is 3.21. The predicted octanol–water partition coefficient (Wildman–Crippen LogP) is 4.53. The number of halogens is 3. The molecule has 1 aliphatic heterocycles. The predicted molar refractivity (Wildman–Crippen MR) is 108 cm³/mol. The van der Waals surface area contributed by atoms with E-state index in [1.54, 1.807) is 38.1 Å². The van der Waals surface area contributed by atoms with Gasteiger partial charge in [0.05, 0.1) is 5.56 Å². The number of fused-ring (bicyclic) bond motifs is 1. The molecule has 31 heavy (non-hydrogen) atoms. The minimum atomic E-state index is -4.43. The van der Waals surface area contributed by atoms with Crippen molar-refractivity contribution in [3.05, 3.63) is 59.2 Å². The van der Waals surface area contributed by atoms with Crippen molar-refractivity contribution in [3.8, 4) is 11.5 Å². The number of rotatable bonds is 7. The molecule has 8 heteroatoms. The van der Waals surface area contributed by atoms with E-state index in [2.05, 4.69) is 5.32 Å². The number of carbonyl (C=O) groups excluding carboxylic acids is 2. The first kappa shape index (κ1) is 22.7. The molecule has 2 aromatic carbocycles. The first-order valence-corrected chi connectivity index (χ1v) is 9.93. The normalized spacial score (nSPS) is 13.6. The maximum absolute atomic E-state index is 13.0. The zero-order valence-corrected chi connectivity index (χ0v) is 17.3. The molecule has 0 aromatic heterocycles. The van der Waals surface area contributed by atoms with Gasteiger partial charge in [0.25, 0.3) is 0 Å². The van der Waals surface area contributed by atoms with E-state index in [0.717, 1.165) is 12.1 Å². The quantitative estimate of drug-likeness (QED) is 0.649. The molecule has 3 rings (SSSR count). The van der Waals surface area contributed by atoms with Gasteiger partial charge in [0, 0.05) is 30.4 Å². The summed E-state index contributed by atoms with van der Waals surface area (Å²) in [6, 6.07) is 9.97. The number of amides is 1. The number of ketones is 1. The highest BCUT2D eigenvalue weighted by Gasteiger charge is 2.32. The summed E-state index contributed by atoms with van der Waals surface area (Å²) in [5.41, 5.74) is -0.540. The molecule has 0 radical (unpaired) electrons. The second-order valence-electron chi connectivity index (χ2n) is 8.02. The van der Waals surface area contributed by atoms with E-state index < -0.39 is 17.2 Å². The van der Waals surface area contributed by atoms with Gasteiger partial charge in [0.15, 0.2) is 17.3 Å². The number of nitrogens with one attached hydrogen (secondary N) is 1. The monoisotopic (exact) mass is 435 g/mol. The molecule has 0 fully saturated rings. The van der Waals surface area contributed by atoms with E-state index in [0.29, 0.717) is 35.8 Å². The van der Waals surface area contributed by atoms with Crippen molar-refractivity contribution < 1.29 is 32.2 Å². The lowest BCUT2D eigenvalue weighted by Crippen LogP contribution is -2.37. The molecule has 0 atom stereocenters. The zero-order chi connectivity index (χ0) is 22.6. The summed E-state index contributed by atoms with van der Waals surface area (Å²) in [6.07, 6.45) is -4.44. The molecular formula is C23H24F3NO4. The van der Waals surface area contributed by atoms with Crippen LogP contribution in [0.4, 0.5) is 13.2 Å². The van der Waals surface area contributed by atoms with Crippen molar-refractivity contribution in [1.29, 1.82) is 0 Å². The Labute approximate surface area is 178 Å². The van der Waals surface area contributed by atoms with E-state index in [1.165, 1.54) is 6.07 Å². The summed E-state index contributed by atoms with van der Waals surface area (Å²) in [4.78, 5) is 24.6. The van der Waals surface area contributed by atoms with Crippen LogP contribution in [0.3, 0.4) is 0 Å². The second-order valence-corrected chi connectivity index (χ2v) is 8.02. The van der Waals surface area contributed by atoms with Gasteiger partial charge in [-0.05, 0) is 29.8 Å². The molecule has 1 heterocycles. The van der Waals surface area contributed by atoms with Gasteiger partial charge in [-0.15, -0.1) is 0 Å². The standard InChI is InChI=1S/C23H24F3NO4/c1-22(2,16-4-3-5-17(13-16)23(24,25)26)14-27-21(29)9-7-18(28)15-6-8-19-20(12-15)31-11-10-30-19/h3-6,8,12-13H,7,9-11,14H2,1-2H3,(H,27,29). The average Bonchev–Trinajstić information content (AvgIpc) is 2.75. The minimum Gasteiger partial charge on any atom is -0.486 e. The molecule has 2 aromatic rings. The van der Waals surface area contributed by atoms with Crippen molar-refractivity contribution in [2.24, 2.45) is 0 Å². The Bertz CT molecular complexity index is 970. The second kappa shape index (κ2) is 8.99. The fourth-order valence-electron chi connectivity index (χ4n) is 3.21. The number of benzene rings is 2. The fraction of sp³-hybridized carbons (Fsp3) is 0.391. The van der Waals surface area contributed by atoms with Gasteiger partial charge in [-0.2, -0.15) is 13.2 Å². The van der Waals surface area contributed by atoms with Gasteiger partial charge in [-0.3, -0.25) is 9.59 Å². The molecular weight excluding hydrogens is 411 g/mol. The maximum Gasteiger partial charge on any atom is 0.416 e. The summed E-state index contributed by atoms with van der Waals surface area (Å²) < 4.78 is 49.8. The average molecular weight is 435 g/mol. The molecule has 1 amide bonds. The highest BCUT2D eigenvalue weighted by molar-refractivity contribution is 5.98. The van der Waals surface area contributed by atoms with E-state index in [1.807, 2.05) is 0 Å². The Hall–Kier alpha value is -3.03. The van der Waals surface area contributed by atoms with Gasteiger partial charge < -0.3 is 14.8 Å². The lowest BCUT2D eigenvalue weighted by Gasteiger charge is -2.26. The smallest absolute Gasteiger partial charge is 0.416 e. The Morgan fingerprint density at radius 2 is 1.61 bits per heavy atom. The van der Waals surface area contributed by atoms with Crippen molar-refractivity contribution in [2.75, 3.05) is 19.8 Å². The van der Waals surface area contributed by atoms with Crippen LogP contribution in [0.5, 0.6) is 11.5 Å². The van der Waals surface area contributed by atoms with Crippen LogP contribution < -0.4 is 14.8 Å². The van der Waals surface area contributed by atoms with Crippen LogP contribution in [0.1, 0.15) is 48.2 Å². The van der Waals surface area contributed by atoms with Gasteiger partial charge in [0.1, 0.15) is 13.2 Å². The van der Waals surface area contributed by atoms with E-state index in [9.17, 15) is 22.8 Å². The summed E-state index contributed by atoms with van der Waals surface area (Å²) in [5.74, 6) is 0.539.